The van der Waals surface area contributed by atoms with Crippen LogP contribution in [-0.4, -0.2) is 43.4 Å². The Balaban J connectivity index is 1.30. The number of aromatic nitrogens is 2. The first kappa shape index (κ1) is 24.9. The van der Waals surface area contributed by atoms with Gasteiger partial charge in [0.25, 0.3) is 10.0 Å². The van der Waals surface area contributed by atoms with Crippen molar-refractivity contribution in [2.75, 3.05) is 24.4 Å². The number of anilines is 1. The predicted molar refractivity (Wildman–Crippen MR) is 128 cm³/mol. The van der Waals surface area contributed by atoms with Crippen LogP contribution in [0, 0.1) is 11.6 Å². The highest BCUT2D eigenvalue weighted by Gasteiger charge is 2.24. The monoisotopic (exact) mass is 522 g/mol. The van der Waals surface area contributed by atoms with Crippen LogP contribution in [0.25, 0.3) is 10.9 Å². The van der Waals surface area contributed by atoms with E-state index < -0.39 is 32.7 Å². The zero-order valence-electron chi connectivity index (χ0n) is 18.1. The molecule has 0 bridgehead atoms. The Bertz CT molecular complexity index is 1430. The summed E-state index contributed by atoms with van der Waals surface area (Å²) in [4.78, 5) is -1.07. The Labute approximate surface area is 204 Å². The quantitative estimate of drug-likeness (QED) is 0.234. The molecule has 0 saturated carbocycles. The minimum absolute atomic E-state index is 0.0569. The molecule has 8 nitrogen and oxygen atoms in total. The maximum atomic E-state index is 13.9. The standard InChI is InChI=1S/C23H21ClF2N4O4S/c24-23-17-8-7-16(12-20(17)28-29-23)34-10-9-27-13-21(31)14-3-1-4-15(11-14)30-35(32,33)22-18(25)5-2-6-19(22)26/h1-8,11-12,21,27,30-31H,9-10,13H2,(H,28,29). The Morgan fingerprint density at radius 3 is 2.60 bits per heavy atom. The molecule has 184 valence electrons. The average molecular weight is 523 g/mol. The molecule has 4 aromatic rings. The van der Waals surface area contributed by atoms with Gasteiger partial charge >= 0.3 is 0 Å². The first-order chi connectivity index (χ1) is 16.7. The lowest BCUT2D eigenvalue weighted by Gasteiger charge is -2.15. The number of H-pyrrole nitrogens is 1. The summed E-state index contributed by atoms with van der Waals surface area (Å²) in [6, 6.07) is 14.1. The highest BCUT2D eigenvalue weighted by atomic mass is 35.5. The van der Waals surface area contributed by atoms with Crippen molar-refractivity contribution < 1.29 is 27.0 Å². The van der Waals surface area contributed by atoms with Crippen molar-refractivity contribution in [1.82, 2.24) is 15.5 Å². The van der Waals surface area contributed by atoms with E-state index in [0.717, 1.165) is 23.6 Å². The molecule has 1 heterocycles. The SMILES string of the molecule is O=S(=O)(Nc1cccc(C(O)CNCCOc2ccc3c(Cl)[nH]nc3c2)c1)c1c(F)cccc1F. The maximum Gasteiger partial charge on any atom is 0.267 e. The number of aromatic amines is 1. The van der Waals surface area contributed by atoms with E-state index in [0.29, 0.717) is 35.1 Å². The molecule has 35 heavy (non-hydrogen) atoms. The lowest BCUT2D eigenvalue weighted by Crippen LogP contribution is -2.26. The van der Waals surface area contributed by atoms with Crippen molar-refractivity contribution in [2.45, 2.75) is 11.0 Å². The zero-order chi connectivity index (χ0) is 25.0. The molecule has 0 aliphatic rings. The molecule has 0 amide bonds. The first-order valence-electron chi connectivity index (χ1n) is 10.5. The minimum atomic E-state index is -4.51. The van der Waals surface area contributed by atoms with E-state index in [9.17, 15) is 22.3 Å². The Morgan fingerprint density at radius 2 is 1.83 bits per heavy atom. The number of nitrogens with one attached hydrogen (secondary N) is 3. The van der Waals surface area contributed by atoms with Gasteiger partial charge in [0.15, 0.2) is 4.90 Å². The molecule has 4 rings (SSSR count). The lowest BCUT2D eigenvalue weighted by atomic mass is 10.1. The number of aliphatic hydroxyl groups excluding tert-OH is 1. The fraction of sp³-hybridized carbons (Fsp3) is 0.174. The van der Waals surface area contributed by atoms with Gasteiger partial charge in [-0.2, -0.15) is 5.10 Å². The number of rotatable bonds is 10. The van der Waals surface area contributed by atoms with Crippen LogP contribution in [0.5, 0.6) is 5.75 Å². The number of fused-ring (bicyclic) bond motifs is 1. The first-order valence-corrected chi connectivity index (χ1v) is 12.3. The van der Waals surface area contributed by atoms with Crippen LogP contribution in [0.3, 0.4) is 0 Å². The van der Waals surface area contributed by atoms with E-state index in [-0.39, 0.29) is 12.2 Å². The summed E-state index contributed by atoms with van der Waals surface area (Å²) in [5.41, 5.74) is 1.15. The molecular weight excluding hydrogens is 502 g/mol. The molecular formula is C23H21ClF2N4O4S. The lowest BCUT2D eigenvalue weighted by molar-refractivity contribution is 0.172. The number of ether oxygens (including phenoxy) is 1. The topological polar surface area (TPSA) is 116 Å². The fourth-order valence-electron chi connectivity index (χ4n) is 3.40. The molecule has 1 unspecified atom stereocenters. The molecule has 3 aromatic carbocycles. The van der Waals surface area contributed by atoms with E-state index >= 15 is 0 Å². The highest BCUT2D eigenvalue weighted by Crippen LogP contribution is 2.25. The number of benzene rings is 3. The highest BCUT2D eigenvalue weighted by molar-refractivity contribution is 7.92. The molecule has 12 heteroatoms. The fourth-order valence-corrected chi connectivity index (χ4v) is 4.79. The second kappa shape index (κ2) is 10.6. The normalized spacial score (nSPS) is 12.6. The Kier molecular flexibility index (Phi) is 7.51. The van der Waals surface area contributed by atoms with E-state index in [2.05, 4.69) is 20.2 Å². The van der Waals surface area contributed by atoms with Crippen LogP contribution in [0.15, 0.2) is 65.6 Å². The molecule has 4 N–H and O–H groups in total. The number of hydrogen-bond acceptors (Lipinski definition) is 6. The molecule has 0 spiro atoms. The number of sulfonamides is 1. The van der Waals surface area contributed by atoms with Gasteiger partial charge in [-0.3, -0.25) is 9.82 Å². The van der Waals surface area contributed by atoms with Gasteiger partial charge in [0, 0.05) is 30.2 Å². The van der Waals surface area contributed by atoms with Gasteiger partial charge in [-0.05, 0) is 42.0 Å². The second-order valence-corrected chi connectivity index (χ2v) is 9.56. The number of nitrogens with zero attached hydrogens (tertiary/aromatic N) is 1. The van der Waals surface area contributed by atoms with Crippen molar-refractivity contribution in [3.8, 4) is 5.75 Å². The molecule has 0 radical (unpaired) electrons. The number of aliphatic hydroxyl groups is 1. The van der Waals surface area contributed by atoms with Crippen LogP contribution in [0.4, 0.5) is 14.5 Å². The molecule has 0 aliphatic heterocycles. The summed E-state index contributed by atoms with van der Waals surface area (Å²) in [5.74, 6) is -1.78. The van der Waals surface area contributed by atoms with Crippen LogP contribution in [0.2, 0.25) is 5.15 Å². The third-order valence-electron chi connectivity index (χ3n) is 5.08. The van der Waals surface area contributed by atoms with E-state index in [4.69, 9.17) is 16.3 Å². The smallest absolute Gasteiger partial charge is 0.267 e. The predicted octanol–water partition coefficient (Wildman–Crippen LogP) is 4.00. The van der Waals surface area contributed by atoms with Gasteiger partial charge in [0.1, 0.15) is 29.1 Å². The van der Waals surface area contributed by atoms with Gasteiger partial charge < -0.3 is 15.2 Å². The average Bonchev–Trinajstić information content (AvgIpc) is 3.18. The maximum absolute atomic E-state index is 13.9. The van der Waals surface area contributed by atoms with Crippen molar-refractivity contribution in [2.24, 2.45) is 0 Å². The van der Waals surface area contributed by atoms with Crippen LogP contribution in [-0.2, 0) is 10.0 Å². The molecule has 0 aliphatic carbocycles. The summed E-state index contributed by atoms with van der Waals surface area (Å²) in [6.45, 7) is 0.912. The molecule has 0 saturated heterocycles. The van der Waals surface area contributed by atoms with Crippen LogP contribution >= 0.6 is 11.6 Å². The van der Waals surface area contributed by atoms with E-state index in [1.165, 1.54) is 18.2 Å². The van der Waals surface area contributed by atoms with Gasteiger partial charge in [-0.25, -0.2) is 17.2 Å². The second-order valence-electron chi connectivity index (χ2n) is 7.57. The minimum Gasteiger partial charge on any atom is -0.492 e. The largest absolute Gasteiger partial charge is 0.492 e. The van der Waals surface area contributed by atoms with Gasteiger partial charge in [-0.15, -0.1) is 0 Å². The van der Waals surface area contributed by atoms with Crippen LogP contribution in [0.1, 0.15) is 11.7 Å². The van der Waals surface area contributed by atoms with Crippen LogP contribution < -0.4 is 14.8 Å². The van der Waals surface area contributed by atoms with Gasteiger partial charge in [0.2, 0.25) is 0 Å². The summed E-state index contributed by atoms with van der Waals surface area (Å²) in [6.07, 6.45) is -0.966. The van der Waals surface area contributed by atoms with E-state index in [1.54, 1.807) is 24.3 Å². The summed E-state index contributed by atoms with van der Waals surface area (Å²) in [5, 5.41) is 21.5. The zero-order valence-corrected chi connectivity index (χ0v) is 19.7. The Hall–Kier alpha value is -3.25. The third-order valence-corrected chi connectivity index (χ3v) is 6.80. The van der Waals surface area contributed by atoms with Crippen molar-refractivity contribution in [1.29, 1.82) is 0 Å². The van der Waals surface area contributed by atoms with Gasteiger partial charge in [-0.1, -0.05) is 29.8 Å². The van der Waals surface area contributed by atoms with E-state index in [1.807, 2.05) is 0 Å². The molecule has 1 aromatic heterocycles. The number of hydrogen-bond donors (Lipinski definition) is 4. The summed E-state index contributed by atoms with van der Waals surface area (Å²) >= 11 is 5.98. The summed E-state index contributed by atoms with van der Waals surface area (Å²) in [7, 11) is -4.51. The summed E-state index contributed by atoms with van der Waals surface area (Å²) < 4.78 is 60.6. The molecule has 0 fully saturated rings. The van der Waals surface area contributed by atoms with Crippen molar-refractivity contribution >= 4 is 38.2 Å². The Morgan fingerprint density at radius 1 is 1.09 bits per heavy atom. The third kappa shape index (κ3) is 5.88. The van der Waals surface area contributed by atoms with Gasteiger partial charge in [0.05, 0.1) is 11.6 Å². The van der Waals surface area contributed by atoms with Crippen molar-refractivity contribution in [3.63, 3.8) is 0 Å². The van der Waals surface area contributed by atoms with Crippen molar-refractivity contribution in [3.05, 3.63) is 83.0 Å². The number of halogens is 3. The molecule has 1 atom stereocenters.